The van der Waals surface area contributed by atoms with E-state index in [0.29, 0.717) is 4.88 Å². The molecule has 26 heavy (non-hydrogen) atoms. The minimum Gasteiger partial charge on any atom is -0.477 e. The van der Waals surface area contributed by atoms with Crippen molar-refractivity contribution in [2.75, 3.05) is 7.05 Å². The predicted octanol–water partition coefficient (Wildman–Crippen LogP) is 2.41. The monoisotopic (exact) mass is 396 g/mol. The molecule has 0 bridgehead atoms. The molecule has 1 aromatic carbocycles. The van der Waals surface area contributed by atoms with Gasteiger partial charge in [-0.25, -0.2) is 13.2 Å². The van der Waals surface area contributed by atoms with Crippen LogP contribution in [0.15, 0.2) is 41.3 Å². The number of carbonyl (C=O) groups excluding carboxylic acids is 1. The van der Waals surface area contributed by atoms with Crippen LogP contribution in [0.5, 0.6) is 0 Å². The molecule has 0 aliphatic rings. The average molecular weight is 396 g/mol. The van der Waals surface area contributed by atoms with E-state index in [1.807, 2.05) is 0 Å². The number of nitrogens with zero attached hydrogens (tertiary/aromatic N) is 1. The Bertz CT molecular complexity index is 901. The lowest BCUT2D eigenvalue weighted by Gasteiger charge is -2.21. The molecule has 7 nitrogen and oxygen atoms in total. The molecule has 2 aromatic rings. The Morgan fingerprint density at radius 3 is 2.19 bits per heavy atom. The van der Waals surface area contributed by atoms with Gasteiger partial charge >= 0.3 is 5.97 Å². The third-order valence-electron chi connectivity index (χ3n) is 3.82. The van der Waals surface area contributed by atoms with E-state index >= 15 is 0 Å². The zero-order chi connectivity index (χ0) is 19.5. The number of hydrogen-bond donors (Lipinski definition) is 2. The topological polar surface area (TPSA) is 104 Å². The van der Waals surface area contributed by atoms with Crippen LogP contribution in [0.1, 0.15) is 38.8 Å². The maximum atomic E-state index is 12.4. The highest BCUT2D eigenvalue weighted by molar-refractivity contribution is 7.89. The number of carbonyl (C=O) groups is 2. The van der Waals surface area contributed by atoms with Gasteiger partial charge < -0.3 is 10.4 Å². The smallest absolute Gasteiger partial charge is 0.345 e. The summed E-state index contributed by atoms with van der Waals surface area (Å²) in [4.78, 5) is 23.5. The summed E-state index contributed by atoms with van der Waals surface area (Å²) in [6.45, 7) is 3.79. The molecule has 1 heterocycles. The van der Waals surface area contributed by atoms with Crippen LogP contribution < -0.4 is 5.32 Å². The van der Waals surface area contributed by atoms with Crippen molar-refractivity contribution in [3.8, 4) is 0 Å². The lowest BCUT2D eigenvalue weighted by atomic mass is 10.2. The van der Waals surface area contributed by atoms with Gasteiger partial charge in [0.05, 0.1) is 9.77 Å². The number of aromatic carboxylic acids is 1. The molecule has 9 heteroatoms. The molecule has 0 fully saturated rings. The van der Waals surface area contributed by atoms with E-state index in [0.717, 1.165) is 16.9 Å². The molecular formula is C17H20N2O5S2. The van der Waals surface area contributed by atoms with Crippen molar-refractivity contribution in [2.45, 2.75) is 31.3 Å². The van der Waals surface area contributed by atoms with Gasteiger partial charge in [0.15, 0.2) is 0 Å². The molecule has 0 aliphatic heterocycles. The van der Waals surface area contributed by atoms with E-state index in [4.69, 9.17) is 5.11 Å². The fraction of sp³-hybridized carbons (Fsp3) is 0.294. The third-order valence-corrected chi connectivity index (χ3v) is 6.94. The van der Waals surface area contributed by atoms with Crippen molar-refractivity contribution in [1.82, 2.24) is 9.62 Å². The number of benzene rings is 1. The SMILES string of the molecule is CC(C)N(C)S(=O)(=O)c1ccc(CNC(=O)c2ccc(C(=O)O)s2)cc1. The number of carboxylic acid groups (broad SMARTS) is 1. The van der Waals surface area contributed by atoms with Crippen LogP contribution in [0, 0.1) is 0 Å². The van der Waals surface area contributed by atoms with Crippen molar-refractivity contribution >= 4 is 33.2 Å². The summed E-state index contributed by atoms with van der Waals surface area (Å²) in [5, 5.41) is 11.6. The van der Waals surface area contributed by atoms with E-state index in [1.54, 1.807) is 26.0 Å². The van der Waals surface area contributed by atoms with Gasteiger partial charge in [-0.05, 0) is 43.7 Å². The molecule has 0 spiro atoms. The van der Waals surface area contributed by atoms with Gasteiger partial charge in [0.2, 0.25) is 10.0 Å². The van der Waals surface area contributed by atoms with Gasteiger partial charge in [0.25, 0.3) is 5.91 Å². The van der Waals surface area contributed by atoms with Crippen molar-refractivity contribution in [1.29, 1.82) is 0 Å². The van der Waals surface area contributed by atoms with Gasteiger partial charge in [0, 0.05) is 19.6 Å². The van der Waals surface area contributed by atoms with Gasteiger partial charge in [-0.2, -0.15) is 4.31 Å². The molecule has 0 atom stereocenters. The van der Waals surface area contributed by atoms with Crippen LogP contribution >= 0.6 is 11.3 Å². The number of rotatable bonds is 7. The first-order chi connectivity index (χ1) is 12.1. The van der Waals surface area contributed by atoms with Gasteiger partial charge in [-0.1, -0.05) is 12.1 Å². The van der Waals surface area contributed by atoms with Crippen molar-refractivity contribution < 1.29 is 23.1 Å². The van der Waals surface area contributed by atoms with Crippen LogP contribution in [0.25, 0.3) is 0 Å². The largest absolute Gasteiger partial charge is 0.477 e. The minimum absolute atomic E-state index is 0.0963. The zero-order valence-electron chi connectivity index (χ0n) is 14.6. The number of nitrogens with one attached hydrogen (secondary N) is 1. The lowest BCUT2D eigenvalue weighted by Crippen LogP contribution is -2.33. The Morgan fingerprint density at radius 1 is 1.12 bits per heavy atom. The molecule has 140 valence electrons. The highest BCUT2D eigenvalue weighted by Crippen LogP contribution is 2.18. The Hall–Kier alpha value is -2.23. The Balaban J connectivity index is 2.03. The number of carboxylic acids is 1. The number of thiophene rings is 1. The van der Waals surface area contributed by atoms with Crippen molar-refractivity contribution in [3.63, 3.8) is 0 Å². The highest BCUT2D eigenvalue weighted by Gasteiger charge is 2.22. The Morgan fingerprint density at radius 2 is 1.69 bits per heavy atom. The maximum Gasteiger partial charge on any atom is 0.345 e. The second-order valence-corrected chi connectivity index (χ2v) is 8.99. The molecule has 0 unspecified atom stereocenters. The summed E-state index contributed by atoms with van der Waals surface area (Å²) in [5.41, 5.74) is 0.736. The summed E-state index contributed by atoms with van der Waals surface area (Å²) in [5.74, 6) is -1.45. The van der Waals surface area contributed by atoms with Crippen molar-refractivity contribution in [2.24, 2.45) is 0 Å². The Labute approximate surface area is 156 Å². The van der Waals surface area contributed by atoms with Crippen molar-refractivity contribution in [3.05, 3.63) is 51.7 Å². The molecule has 0 saturated heterocycles. The van der Waals surface area contributed by atoms with Crippen LogP contribution in [0.2, 0.25) is 0 Å². The van der Waals surface area contributed by atoms with E-state index in [1.165, 1.54) is 35.6 Å². The molecule has 0 aliphatic carbocycles. The summed E-state index contributed by atoms with van der Waals surface area (Å²) in [6.07, 6.45) is 0. The minimum atomic E-state index is -3.54. The quantitative estimate of drug-likeness (QED) is 0.748. The average Bonchev–Trinajstić information content (AvgIpc) is 3.09. The number of amides is 1. The van der Waals surface area contributed by atoms with E-state index in [2.05, 4.69) is 5.32 Å². The summed E-state index contributed by atoms with van der Waals surface area (Å²) in [6, 6.07) is 8.97. The predicted molar refractivity (Wildman–Crippen MR) is 99.0 cm³/mol. The molecule has 0 radical (unpaired) electrons. The van der Waals surface area contributed by atoms with E-state index in [9.17, 15) is 18.0 Å². The summed E-state index contributed by atoms with van der Waals surface area (Å²) in [7, 11) is -2.01. The maximum absolute atomic E-state index is 12.4. The Kier molecular flexibility index (Phi) is 6.17. The second-order valence-electron chi connectivity index (χ2n) is 5.91. The zero-order valence-corrected chi connectivity index (χ0v) is 16.2. The fourth-order valence-corrected chi connectivity index (χ4v) is 4.20. The van der Waals surface area contributed by atoms with Crippen LogP contribution in [-0.4, -0.2) is 42.8 Å². The van der Waals surface area contributed by atoms with Crippen LogP contribution in [0.4, 0.5) is 0 Å². The standard InChI is InChI=1S/C17H20N2O5S2/c1-11(2)19(3)26(23,24)13-6-4-12(5-7-13)10-18-16(20)14-8-9-15(25-14)17(21)22/h4-9,11H,10H2,1-3H3,(H,18,20)(H,21,22). The first kappa shape index (κ1) is 20.1. The van der Waals surface area contributed by atoms with E-state index in [-0.39, 0.29) is 28.3 Å². The lowest BCUT2D eigenvalue weighted by molar-refractivity contribution is 0.0702. The molecular weight excluding hydrogens is 376 g/mol. The van der Waals surface area contributed by atoms with Crippen LogP contribution in [-0.2, 0) is 16.6 Å². The third kappa shape index (κ3) is 4.48. The van der Waals surface area contributed by atoms with E-state index < -0.39 is 16.0 Å². The molecule has 0 saturated carbocycles. The molecule has 1 amide bonds. The first-order valence-corrected chi connectivity index (χ1v) is 10.1. The highest BCUT2D eigenvalue weighted by atomic mass is 32.2. The molecule has 1 aromatic heterocycles. The summed E-state index contributed by atoms with van der Waals surface area (Å²) >= 11 is 0.899. The number of sulfonamides is 1. The second kappa shape index (κ2) is 7.98. The van der Waals surface area contributed by atoms with Gasteiger partial charge in [-0.15, -0.1) is 11.3 Å². The first-order valence-electron chi connectivity index (χ1n) is 7.81. The number of hydrogen-bond acceptors (Lipinski definition) is 5. The summed E-state index contributed by atoms with van der Waals surface area (Å²) < 4.78 is 26.1. The fourth-order valence-electron chi connectivity index (χ4n) is 2.07. The van der Waals surface area contributed by atoms with Crippen LogP contribution in [0.3, 0.4) is 0 Å². The van der Waals surface area contributed by atoms with Gasteiger partial charge in [-0.3, -0.25) is 4.79 Å². The molecule has 2 N–H and O–H groups in total. The van der Waals surface area contributed by atoms with Gasteiger partial charge in [0.1, 0.15) is 4.88 Å². The molecule has 2 rings (SSSR count). The normalized spacial score (nSPS) is 11.7.